The van der Waals surface area contributed by atoms with Gasteiger partial charge in [0.1, 0.15) is 0 Å². The molecule has 0 aliphatic rings. The maximum absolute atomic E-state index is 2.28. The van der Waals surface area contributed by atoms with Crippen molar-refractivity contribution < 1.29 is 18.6 Å². The van der Waals surface area contributed by atoms with E-state index in [-0.39, 0.29) is 0 Å². The summed E-state index contributed by atoms with van der Waals surface area (Å²) in [5.74, 6) is 0. The molecule has 0 amide bonds. The fourth-order valence-corrected chi connectivity index (χ4v) is 2.35. The van der Waals surface area contributed by atoms with Crippen LogP contribution in [0.1, 0.15) is 12.5 Å². The van der Waals surface area contributed by atoms with Gasteiger partial charge < -0.3 is 0 Å². The van der Waals surface area contributed by atoms with Crippen LogP contribution in [0.3, 0.4) is 0 Å². The third kappa shape index (κ3) is 2.66. The zero-order chi connectivity index (χ0) is 7.23. The Hall–Kier alpha value is -0.0917. The van der Waals surface area contributed by atoms with Crippen molar-refractivity contribution in [3.05, 3.63) is 35.9 Å². The first-order chi connectivity index (χ1) is 4.93. The minimum atomic E-state index is 0.293. The van der Waals surface area contributed by atoms with Gasteiger partial charge in [-0.15, -0.1) is 0 Å². The van der Waals surface area contributed by atoms with E-state index in [1.165, 1.54) is 15.2 Å². The van der Waals surface area contributed by atoms with Crippen molar-refractivity contribution in [3.8, 4) is 0 Å². The first-order valence-electron chi connectivity index (χ1n) is 3.55. The van der Waals surface area contributed by atoms with Gasteiger partial charge in [-0.2, -0.15) is 0 Å². The van der Waals surface area contributed by atoms with Crippen molar-refractivity contribution in [2.45, 2.75) is 16.5 Å². The second-order valence-electron chi connectivity index (χ2n) is 2.12. The Morgan fingerprint density at radius 1 is 1.20 bits per heavy atom. The van der Waals surface area contributed by atoms with Gasteiger partial charge in [0.15, 0.2) is 0 Å². The molecule has 0 N–H and O–H groups in total. The summed E-state index contributed by atoms with van der Waals surface area (Å²) in [6.07, 6.45) is 0. The summed E-state index contributed by atoms with van der Waals surface area (Å²) in [7, 11) is 0. The van der Waals surface area contributed by atoms with Crippen LogP contribution in [0.2, 0.25) is 4.81 Å². The molecule has 0 aliphatic heterocycles. The van der Waals surface area contributed by atoms with Crippen LogP contribution >= 0.6 is 0 Å². The molecule has 10 heavy (non-hydrogen) atoms. The summed E-state index contributed by atoms with van der Waals surface area (Å²) in [5, 5.41) is 0. The summed E-state index contributed by atoms with van der Waals surface area (Å²) in [6.45, 7) is 2.28. The van der Waals surface area contributed by atoms with Crippen LogP contribution in [0.4, 0.5) is 0 Å². The molecule has 1 aromatic rings. The summed E-state index contributed by atoms with van der Waals surface area (Å²) < 4.78 is 0. The van der Waals surface area contributed by atoms with Gasteiger partial charge in [-0.3, -0.25) is 0 Å². The Balaban J connectivity index is 2.43. The van der Waals surface area contributed by atoms with Crippen LogP contribution in [-0.4, -0.2) is 0 Å². The number of hydrogen-bond donors (Lipinski definition) is 0. The Kier molecular flexibility index (Phi) is 3.75. The van der Waals surface area contributed by atoms with Gasteiger partial charge in [-0.05, 0) is 0 Å². The molecule has 0 saturated carbocycles. The Morgan fingerprint density at radius 3 is 2.50 bits per heavy atom. The molecule has 1 heteroatoms. The standard InChI is InChI=1S/C7H7.C2H5.Mo/c1-7-5-3-2-4-6-7;1-2;/h2-6H,1H2;1H2,2H3;. The van der Waals surface area contributed by atoms with Gasteiger partial charge in [0.2, 0.25) is 0 Å². The van der Waals surface area contributed by atoms with Gasteiger partial charge in [0.25, 0.3) is 0 Å². The van der Waals surface area contributed by atoms with E-state index in [2.05, 4.69) is 37.3 Å². The molecular weight excluding hydrogens is 204 g/mol. The van der Waals surface area contributed by atoms with Gasteiger partial charge >= 0.3 is 71.0 Å². The van der Waals surface area contributed by atoms with E-state index in [1.54, 1.807) is 0 Å². The molecule has 0 unspecified atom stereocenters. The van der Waals surface area contributed by atoms with E-state index in [0.29, 0.717) is 18.6 Å². The molecule has 0 aliphatic carbocycles. The van der Waals surface area contributed by atoms with Gasteiger partial charge in [0.05, 0.1) is 0 Å². The fraction of sp³-hybridized carbons (Fsp3) is 0.333. The Bertz CT molecular complexity index is 169. The molecule has 1 rings (SSSR count). The van der Waals surface area contributed by atoms with Gasteiger partial charge in [-0.1, -0.05) is 0 Å². The average Bonchev–Trinajstić information content (AvgIpc) is 2.03. The third-order valence-electron chi connectivity index (χ3n) is 1.32. The number of hydrogen-bond acceptors (Lipinski definition) is 0. The van der Waals surface area contributed by atoms with E-state index in [1.807, 2.05) is 0 Å². The molecule has 0 heterocycles. The van der Waals surface area contributed by atoms with E-state index < -0.39 is 0 Å². The molecule has 0 atom stereocenters. The topological polar surface area (TPSA) is 0 Å². The number of benzene rings is 1. The fourth-order valence-electron chi connectivity index (χ4n) is 0.794. The second kappa shape index (κ2) is 4.68. The van der Waals surface area contributed by atoms with E-state index >= 15 is 0 Å². The van der Waals surface area contributed by atoms with Gasteiger partial charge in [-0.25, -0.2) is 0 Å². The average molecular weight is 216 g/mol. The third-order valence-corrected chi connectivity index (χ3v) is 3.64. The van der Waals surface area contributed by atoms with Crippen LogP contribution in [0, 0.1) is 0 Å². The first-order valence-corrected chi connectivity index (χ1v) is 6.39. The van der Waals surface area contributed by atoms with E-state index in [0.717, 1.165) is 0 Å². The molecule has 1 aromatic carbocycles. The monoisotopic (exact) mass is 218 g/mol. The summed E-state index contributed by atoms with van der Waals surface area (Å²) in [5.41, 5.74) is 1.52. The van der Waals surface area contributed by atoms with Crippen LogP contribution < -0.4 is 0 Å². The molecule has 0 radical (unpaired) electrons. The zero-order valence-electron chi connectivity index (χ0n) is 6.21. The van der Waals surface area contributed by atoms with Crippen LogP contribution in [-0.2, 0) is 23.4 Å². The van der Waals surface area contributed by atoms with E-state index in [4.69, 9.17) is 0 Å². The van der Waals surface area contributed by atoms with Crippen molar-refractivity contribution in [2.75, 3.05) is 0 Å². The Labute approximate surface area is 71.2 Å². The molecule has 0 saturated heterocycles. The molecule has 0 fully saturated rings. The minimum absolute atomic E-state index is 0.293. The van der Waals surface area contributed by atoms with Gasteiger partial charge in [0, 0.05) is 0 Å². The molecule has 0 aromatic heterocycles. The summed E-state index contributed by atoms with van der Waals surface area (Å²) >= 11 is 0.293. The van der Waals surface area contributed by atoms with E-state index in [9.17, 15) is 0 Å². The van der Waals surface area contributed by atoms with Crippen LogP contribution in [0.5, 0.6) is 0 Å². The van der Waals surface area contributed by atoms with Crippen molar-refractivity contribution >= 4 is 0 Å². The summed E-state index contributed by atoms with van der Waals surface area (Å²) in [4.78, 5) is 2.78. The van der Waals surface area contributed by atoms with Crippen molar-refractivity contribution in [1.29, 1.82) is 0 Å². The van der Waals surface area contributed by atoms with Crippen molar-refractivity contribution in [1.82, 2.24) is 0 Å². The molecule has 0 nitrogen and oxygen atoms in total. The van der Waals surface area contributed by atoms with Crippen LogP contribution in [0.25, 0.3) is 0 Å². The zero-order valence-corrected chi connectivity index (χ0v) is 8.22. The van der Waals surface area contributed by atoms with Crippen molar-refractivity contribution in [3.63, 3.8) is 0 Å². The quantitative estimate of drug-likeness (QED) is 0.681. The SMILES string of the molecule is C[CH2][Mo][CH2]c1ccccc1. The molecular formula is C9H12Mo. The Morgan fingerprint density at radius 2 is 1.90 bits per heavy atom. The number of rotatable bonds is 3. The predicted molar refractivity (Wildman–Crippen MR) is 40.6 cm³/mol. The first kappa shape index (κ1) is 8.01. The molecule has 0 bridgehead atoms. The predicted octanol–water partition coefficient (Wildman–Crippen LogP) is 2.71. The van der Waals surface area contributed by atoms with Crippen LogP contribution in [0.15, 0.2) is 30.3 Å². The van der Waals surface area contributed by atoms with Crippen molar-refractivity contribution in [2.24, 2.45) is 0 Å². The second-order valence-corrected chi connectivity index (χ2v) is 5.25. The maximum atomic E-state index is 2.28. The summed E-state index contributed by atoms with van der Waals surface area (Å²) in [6, 6.07) is 10.8. The normalized spacial score (nSPS) is 9.70. The molecule has 54 valence electrons. The molecule has 0 spiro atoms.